The van der Waals surface area contributed by atoms with Gasteiger partial charge in [0.15, 0.2) is 9.84 Å². The van der Waals surface area contributed by atoms with E-state index in [1.165, 1.54) is 12.8 Å². The Morgan fingerprint density at radius 3 is 2.72 bits per heavy atom. The maximum Gasteiger partial charge on any atom is 0.153 e. The van der Waals surface area contributed by atoms with Gasteiger partial charge < -0.3 is 10.1 Å². The minimum Gasteiger partial charge on any atom is -0.383 e. The Hall–Kier alpha value is -0.130. The van der Waals surface area contributed by atoms with Crippen LogP contribution < -0.4 is 5.32 Å². The van der Waals surface area contributed by atoms with Crippen LogP contribution in [0.4, 0.5) is 0 Å². The topological polar surface area (TPSA) is 55.4 Å². The van der Waals surface area contributed by atoms with E-state index >= 15 is 0 Å². The molecule has 0 radical (unpaired) electrons. The molecule has 0 bridgehead atoms. The van der Waals surface area contributed by atoms with Crippen LogP contribution in [0.25, 0.3) is 0 Å². The lowest BCUT2D eigenvalue weighted by Crippen LogP contribution is -2.55. The number of nitrogens with one attached hydrogen (secondary N) is 1. The summed E-state index contributed by atoms with van der Waals surface area (Å²) in [7, 11) is -1.17. The van der Waals surface area contributed by atoms with E-state index in [-0.39, 0.29) is 10.8 Å². The highest BCUT2D eigenvalue weighted by Crippen LogP contribution is 2.31. The summed E-state index contributed by atoms with van der Waals surface area (Å²) in [6.45, 7) is 1.61. The Morgan fingerprint density at radius 2 is 2.11 bits per heavy atom. The van der Waals surface area contributed by atoms with E-state index in [0.29, 0.717) is 12.4 Å². The summed E-state index contributed by atoms with van der Waals surface area (Å²) >= 11 is 0. The summed E-state index contributed by atoms with van der Waals surface area (Å²) in [5, 5.41) is 3.37. The Bertz CT molecular complexity index is 355. The summed E-state index contributed by atoms with van der Waals surface area (Å²) in [5.74, 6) is 0.376. The zero-order chi connectivity index (χ0) is 13.1. The molecule has 2 heterocycles. The van der Waals surface area contributed by atoms with Crippen LogP contribution in [-0.2, 0) is 14.6 Å². The Labute approximate surface area is 110 Å². The number of piperidine rings is 1. The van der Waals surface area contributed by atoms with Crippen molar-refractivity contribution in [2.45, 2.75) is 55.7 Å². The van der Waals surface area contributed by atoms with Crippen molar-refractivity contribution in [1.82, 2.24) is 5.32 Å². The van der Waals surface area contributed by atoms with Gasteiger partial charge in [-0.3, -0.25) is 0 Å². The van der Waals surface area contributed by atoms with Crippen molar-refractivity contribution in [1.29, 1.82) is 0 Å². The largest absolute Gasteiger partial charge is 0.383 e. The number of hydrogen-bond donors (Lipinski definition) is 1. The highest BCUT2D eigenvalue weighted by molar-refractivity contribution is 7.92. The summed E-state index contributed by atoms with van der Waals surface area (Å²) in [6.07, 6.45) is 6.83. The van der Waals surface area contributed by atoms with E-state index in [9.17, 15) is 8.42 Å². The molecule has 2 aliphatic heterocycles. The highest BCUT2D eigenvalue weighted by Gasteiger charge is 2.39. The Balaban J connectivity index is 2.08. The van der Waals surface area contributed by atoms with Crippen LogP contribution in [-0.4, -0.2) is 45.2 Å². The smallest absolute Gasteiger partial charge is 0.153 e. The first-order valence-electron chi connectivity index (χ1n) is 7.04. The van der Waals surface area contributed by atoms with Gasteiger partial charge in [-0.1, -0.05) is 12.8 Å². The fraction of sp³-hybridized carbons (Fsp3) is 1.00. The van der Waals surface area contributed by atoms with Crippen LogP contribution in [0.5, 0.6) is 0 Å². The molecular weight excluding hydrogens is 250 g/mol. The average molecular weight is 275 g/mol. The van der Waals surface area contributed by atoms with Gasteiger partial charge in [-0.15, -0.1) is 0 Å². The fourth-order valence-electron chi connectivity index (χ4n) is 3.35. The first-order valence-corrected chi connectivity index (χ1v) is 8.75. The number of hydrogen-bond acceptors (Lipinski definition) is 4. The first-order chi connectivity index (χ1) is 8.58. The normalized spacial score (nSPS) is 36.4. The molecule has 0 aromatic carbocycles. The average Bonchev–Trinajstić information content (AvgIpc) is 2.33. The van der Waals surface area contributed by atoms with Gasteiger partial charge in [0.1, 0.15) is 0 Å². The summed E-state index contributed by atoms with van der Waals surface area (Å²) < 4.78 is 29.6. The van der Waals surface area contributed by atoms with Crippen molar-refractivity contribution in [3.8, 4) is 0 Å². The summed E-state index contributed by atoms with van der Waals surface area (Å²) in [5.41, 5.74) is -0.109. The van der Waals surface area contributed by atoms with Crippen LogP contribution >= 0.6 is 0 Å². The van der Waals surface area contributed by atoms with Crippen LogP contribution in [0.2, 0.25) is 0 Å². The molecule has 106 valence electrons. The first kappa shape index (κ1) is 14.3. The Kier molecular flexibility index (Phi) is 4.67. The van der Waals surface area contributed by atoms with Gasteiger partial charge in [0.05, 0.1) is 17.6 Å². The zero-order valence-electron chi connectivity index (χ0n) is 11.3. The van der Waals surface area contributed by atoms with Crippen LogP contribution in [0, 0.1) is 0 Å². The molecule has 2 unspecified atom stereocenters. The molecule has 2 atom stereocenters. The molecule has 1 N–H and O–H groups in total. The van der Waals surface area contributed by atoms with Crippen LogP contribution in [0.3, 0.4) is 0 Å². The molecule has 2 saturated heterocycles. The van der Waals surface area contributed by atoms with E-state index in [4.69, 9.17) is 4.74 Å². The molecule has 18 heavy (non-hydrogen) atoms. The molecule has 0 aromatic heterocycles. The molecule has 2 rings (SSSR count). The lowest BCUT2D eigenvalue weighted by atomic mass is 9.84. The molecule has 4 nitrogen and oxygen atoms in total. The van der Waals surface area contributed by atoms with Gasteiger partial charge in [-0.2, -0.15) is 0 Å². The molecular formula is C13H25NO3S. The second-order valence-corrected chi connectivity index (χ2v) is 8.19. The van der Waals surface area contributed by atoms with Crippen molar-refractivity contribution >= 4 is 9.84 Å². The lowest BCUT2D eigenvalue weighted by Gasteiger charge is -2.41. The van der Waals surface area contributed by atoms with Crippen molar-refractivity contribution in [2.24, 2.45) is 0 Å². The van der Waals surface area contributed by atoms with Gasteiger partial charge in [0.2, 0.25) is 0 Å². The highest BCUT2D eigenvalue weighted by atomic mass is 32.2. The van der Waals surface area contributed by atoms with E-state index < -0.39 is 9.84 Å². The molecule has 2 fully saturated rings. The molecule has 0 aromatic rings. The molecule has 0 amide bonds. The third-order valence-corrected chi connectivity index (χ3v) is 6.61. The second kappa shape index (κ2) is 5.88. The maximum absolute atomic E-state index is 12.1. The number of sulfone groups is 1. The van der Waals surface area contributed by atoms with Crippen molar-refractivity contribution in [3.05, 3.63) is 0 Å². The molecule has 0 spiro atoms. The molecule has 2 aliphatic rings. The SMILES string of the molecule is COCC1(CC2CCCCS2(=O)=O)CCCCN1. The van der Waals surface area contributed by atoms with Gasteiger partial charge >= 0.3 is 0 Å². The fourth-order valence-corrected chi connectivity index (χ4v) is 5.39. The minimum absolute atomic E-state index is 0.109. The monoisotopic (exact) mass is 275 g/mol. The third-order valence-electron chi connectivity index (χ3n) is 4.33. The predicted molar refractivity (Wildman–Crippen MR) is 72.5 cm³/mol. The molecule has 5 heteroatoms. The zero-order valence-corrected chi connectivity index (χ0v) is 12.1. The van der Waals surface area contributed by atoms with Crippen LogP contribution in [0.15, 0.2) is 0 Å². The van der Waals surface area contributed by atoms with Gasteiger partial charge in [-0.25, -0.2) is 8.42 Å². The third kappa shape index (κ3) is 3.25. The Morgan fingerprint density at radius 1 is 1.28 bits per heavy atom. The number of rotatable bonds is 4. The molecule has 0 aliphatic carbocycles. The minimum atomic E-state index is -2.87. The summed E-state index contributed by atoms with van der Waals surface area (Å²) in [4.78, 5) is 0. The molecule has 0 saturated carbocycles. The lowest BCUT2D eigenvalue weighted by molar-refractivity contribution is 0.0819. The van der Waals surface area contributed by atoms with Crippen molar-refractivity contribution in [3.63, 3.8) is 0 Å². The van der Waals surface area contributed by atoms with Gasteiger partial charge in [-0.05, 0) is 38.6 Å². The number of methoxy groups -OCH3 is 1. The van der Waals surface area contributed by atoms with Crippen molar-refractivity contribution < 1.29 is 13.2 Å². The van der Waals surface area contributed by atoms with E-state index in [1.54, 1.807) is 7.11 Å². The van der Waals surface area contributed by atoms with E-state index in [1.807, 2.05) is 0 Å². The van der Waals surface area contributed by atoms with Crippen molar-refractivity contribution in [2.75, 3.05) is 26.0 Å². The summed E-state index contributed by atoms with van der Waals surface area (Å²) in [6, 6.07) is 0. The van der Waals surface area contributed by atoms with Crippen LogP contribution in [0.1, 0.15) is 44.9 Å². The standard InChI is InChI=1S/C13H25NO3S/c1-17-11-13(7-3-4-8-14-13)10-12-6-2-5-9-18(12,15)16/h12,14H,2-11H2,1H3. The van der Waals surface area contributed by atoms with E-state index in [0.717, 1.165) is 38.6 Å². The number of ether oxygens (including phenoxy) is 1. The van der Waals surface area contributed by atoms with Gasteiger partial charge in [0, 0.05) is 12.6 Å². The quantitative estimate of drug-likeness (QED) is 0.845. The van der Waals surface area contributed by atoms with Gasteiger partial charge in [0.25, 0.3) is 0 Å². The second-order valence-electron chi connectivity index (χ2n) is 5.79. The van der Waals surface area contributed by atoms with E-state index in [2.05, 4.69) is 5.32 Å². The maximum atomic E-state index is 12.1. The predicted octanol–water partition coefficient (Wildman–Crippen LogP) is 1.50.